The van der Waals surface area contributed by atoms with Gasteiger partial charge in [0.25, 0.3) is 0 Å². The van der Waals surface area contributed by atoms with Gasteiger partial charge in [-0.25, -0.2) is 9.78 Å². The van der Waals surface area contributed by atoms with Crippen LogP contribution in [0, 0.1) is 0 Å². The Morgan fingerprint density at radius 3 is 2.42 bits per heavy atom. The summed E-state index contributed by atoms with van der Waals surface area (Å²) in [5, 5.41) is 8.86. The van der Waals surface area contributed by atoms with Crippen LogP contribution in [0.25, 0.3) is 0 Å². The molecule has 3 aromatic rings. The van der Waals surface area contributed by atoms with Crippen LogP contribution >= 0.6 is 0 Å². The quantitative estimate of drug-likeness (QED) is 0.429. The van der Waals surface area contributed by atoms with Crippen LogP contribution in [-0.4, -0.2) is 41.8 Å². The van der Waals surface area contributed by atoms with Crippen LogP contribution in [0.2, 0.25) is 0 Å². The predicted octanol–water partition coefficient (Wildman–Crippen LogP) is 4.09. The summed E-state index contributed by atoms with van der Waals surface area (Å²) in [5.41, 5.74) is 1.73. The van der Waals surface area contributed by atoms with Gasteiger partial charge in [0.05, 0.1) is 18.9 Å². The Morgan fingerprint density at radius 1 is 0.972 bits per heavy atom. The third-order valence-electron chi connectivity index (χ3n) is 5.37. The van der Waals surface area contributed by atoms with Gasteiger partial charge < -0.3 is 19.5 Å². The molecule has 186 valence electrons. The number of hydrogen-bond acceptors (Lipinski definition) is 8. The number of amides is 1. The Morgan fingerprint density at radius 2 is 1.72 bits per heavy atom. The molecule has 1 aliphatic rings. The van der Waals surface area contributed by atoms with E-state index in [2.05, 4.69) is 15.4 Å². The molecule has 1 unspecified atom stereocenters. The number of benzene rings is 2. The molecular formula is C27H28N4O5. The highest BCUT2D eigenvalue weighted by atomic mass is 16.5. The van der Waals surface area contributed by atoms with Gasteiger partial charge in [0.15, 0.2) is 11.5 Å². The molecule has 0 saturated carbocycles. The highest BCUT2D eigenvalue weighted by molar-refractivity contribution is 6.38. The van der Waals surface area contributed by atoms with Crippen molar-refractivity contribution in [1.82, 2.24) is 10.3 Å². The average Bonchev–Trinajstić information content (AvgIpc) is 3.36. The zero-order valence-corrected chi connectivity index (χ0v) is 20.2. The lowest BCUT2D eigenvalue weighted by atomic mass is 10.1. The van der Waals surface area contributed by atoms with Gasteiger partial charge >= 0.3 is 5.97 Å². The van der Waals surface area contributed by atoms with Crippen LogP contribution in [0.3, 0.4) is 0 Å². The second-order valence-corrected chi connectivity index (χ2v) is 7.87. The zero-order valence-electron chi connectivity index (χ0n) is 20.2. The SMILES string of the molecule is CCOC(=O)C1=NN(c2ccccc2)C(C(=O)NCc2ccc(Oc3ccccc3OCC)nc2)C1. The van der Waals surface area contributed by atoms with Crippen molar-refractivity contribution in [1.29, 1.82) is 0 Å². The molecule has 0 bridgehead atoms. The molecule has 0 saturated heterocycles. The Hall–Kier alpha value is -4.40. The molecule has 0 spiro atoms. The van der Waals surface area contributed by atoms with Gasteiger partial charge in [-0.05, 0) is 43.7 Å². The molecule has 0 fully saturated rings. The minimum Gasteiger partial charge on any atom is -0.490 e. The minimum atomic E-state index is -0.669. The van der Waals surface area contributed by atoms with Crippen molar-refractivity contribution in [2.24, 2.45) is 5.10 Å². The largest absolute Gasteiger partial charge is 0.490 e. The number of nitrogens with one attached hydrogen (secondary N) is 1. The monoisotopic (exact) mass is 488 g/mol. The van der Waals surface area contributed by atoms with Gasteiger partial charge in [-0.3, -0.25) is 9.80 Å². The third-order valence-corrected chi connectivity index (χ3v) is 5.37. The fourth-order valence-electron chi connectivity index (χ4n) is 3.68. The van der Waals surface area contributed by atoms with Crippen molar-refractivity contribution < 1.29 is 23.8 Å². The molecule has 1 aliphatic heterocycles. The summed E-state index contributed by atoms with van der Waals surface area (Å²) < 4.78 is 16.5. The second-order valence-electron chi connectivity index (χ2n) is 7.87. The second kappa shape index (κ2) is 11.8. The summed E-state index contributed by atoms with van der Waals surface area (Å²) >= 11 is 0. The highest BCUT2D eigenvalue weighted by Crippen LogP contribution is 2.30. The van der Waals surface area contributed by atoms with Crippen molar-refractivity contribution in [3.05, 3.63) is 78.5 Å². The van der Waals surface area contributed by atoms with Crippen molar-refractivity contribution in [2.75, 3.05) is 18.2 Å². The summed E-state index contributed by atoms with van der Waals surface area (Å²) in [7, 11) is 0. The number of ether oxygens (including phenoxy) is 3. The van der Waals surface area contributed by atoms with Gasteiger partial charge in [-0.2, -0.15) is 5.10 Å². The van der Waals surface area contributed by atoms with Crippen LogP contribution in [0.1, 0.15) is 25.8 Å². The maximum Gasteiger partial charge on any atom is 0.354 e. The fourth-order valence-corrected chi connectivity index (χ4v) is 3.68. The number of nitrogens with zero attached hydrogens (tertiary/aromatic N) is 3. The maximum atomic E-state index is 13.1. The molecule has 9 nitrogen and oxygen atoms in total. The van der Waals surface area contributed by atoms with E-state index in [9.17, 15) is 9.59 Å². The molecule has 0 radical (unpaired) electrons. The standard InChI is InChI=1S/C27H28N4O5/c1-3-34-23-12-8-9-13-24(23)36-25-15-14-19(17-28-25)18-29-26(32)22-16-21(27(33)35-4-2)30-31(22)20-10-6-5-7-11-20/h5-15,17,22H,3-4,16,18H2,1-2H3,(H,29,32). The van der Waals surface area contributed by atoms with Crippen molar-refractivity contribution in [2.45, 2.75) is 32.9 Å². The zero-order chi connectivity index (χ0) is 25.3. The Bertz CT molecular complexity index is 1210. The Balaban J connectivity index is 1.39. The van der Waals surface area contributed by atoms with Gasteiger partial charge in [-0.15, -0.1) is 0 Å². The van der Waals surface area contributed by atoms with Crippen molar-refractivity contribution >= 4 is 23.3 Å². The van der Waals surface area contributed by atoms with E-state index in [1.807, 2.05) is 67.6 Å². The van der Waals surface area contributed by atoms with Crippen molar-refractivity contribution in [3.8, 4) is 17.4 Å². The topological polar surface area (TPSA) is 102 Å². The number of rotatable bonds is 10. The first-order valence-corrected chi connectivity index (χ1v) is 11.8. The first kappa shape index (κ1) is 24.7. The van der Waals surface area contributed by atoms with Crippen molar-refractivity contribution in [3.63, 3.8) is 0 Å². The number of anilines is 1. The molecule has 0 aliphatic carbocycles. The van der Waals surface area contributed by atoms with Crippen LogP contribution < -0.4 is 19.8 Å². The first-order chi connectivity index (χ1) is 17.6. The van der Waals surface area contributed by atoms with Gasteiger partial charge in [0, 0.05) is 25.2 Å². The molecule has 2 heterocycles. The van der Waals surface area contributed by atoms with Crippen LogP contribution in [0.5, 0.6) is 17.4 Å². The van der Waals surface area contributed by atoms with Crippen LogP contribution in [0.4, 0.5) is 5.69 Å². The third kappa shape index (κ3) is 5.99. The van der Waals surface area contributed by atoms with Crippen LogP contribution in [0.15, 0.2) is 78.0 Å². The molecule has 2 aromatic carbocycles. The van der Waals surface area contributed by atoms with Gasteiger partial charge in [0.2, 0.25) is 11.8 Å². The molecule has 1 amide bonds. The molecular weight excluding hydrogens is 460 g/mol. The van der Waals surface area contributed by atoms with E-state index in [0.717, 1.165) is 5.56 Å². The van der Waals surface area contributed by atoms with E-state index in [1.165, 1.54) is 0 Å². The number of carbonyl (C=O) groups is 2. The molecule has 9 heteroatoms. The molecule has 1 N–H and O–H groups in total. The van der Waals surface area contributed by atoms with Crippen LogP contribution in [-0.2, 0) is 20.9 Å². The first-order valence-electron chi connectivity index (χ1n) is 11.8. The summed E-state index contributed by atoms with van der Waals surface area (Å²) in [5.74, 6) is 0.859. The van der Waals surface area contributed by atoms with E-state index < -0.39 is 12.0 Å². The summed E-state index contributed by atoms with van der Waals surface area (Å²) in [6.45, 7) is 4.67. The lowest BCUT2D eigenvalue weighted by molar-refractivity contribution is -0.135. The molecule has 1 atom stereocenters. The number of esters is 1. The fraction of sp³-hybridized carbons (Fsp3) is 0.259. The number of aromatic nitrogens is 1. The van der Waals surface area contributed by atoms with E-state index in [0.29, 0.717) is 29.7 Å². The molecule has 36 heavy (non-hydrogen) atoms. The van der Waals surface area contributed by atoms with E-state index in [1.54, 1.807) is 24.2 Å². The predicted molar refractivity (Wildman–Crippen MR) is 135 cm³/mol. The maximum absolute atomic E-state index is 13.1. The Labute approximate surface area is 209 Å². The van der Waals surface area contributed by atoms with E-state index in [4.69, 9.17) is 14.2 Å². The summed E-state index contributed by atoms with van der Waals surface area (Å²) in [4.78, 5) is 29.7. The molecule has 1 aromatic heterocycles. The van der Waals surface area contributed by atoms with E-state index in [-0.39, 0.29) is 31.2 Å². The van der Waals surface area contributed by atoms with Gasteiger partial charge in [-0.1, -0.05) is 36.4 Å². The smallest absolute Gasteiger partial charge is 0.354 e. The lowest BCUT2D eigenvalue weighted by Gasteiger charge is -2.22. The highest BCUT2D eigenvalue weighted by Gasteiger charge is 2.36. The number of para-hydroxylation sites is 3. The van der Waals surface area contributed by atoms with E-state index >= 15 is 0 Å². The molecule has 4 rings (SSSR count). The normalized spacial score (nSPS) is 14.7. The minimum absolute atomic E-state index is 0.157. The Kier molecular flexibility index (Phi) is 8.12. The summed E-state index contributed by atoms with van der Waals surface area (Å²) in [6.07, 6.45) is 1.80. The number of pyridine rings is 1. The number of carbonyl (C=O) groups excluding carboxylic acids is 2. The summed E-state index contributed by atoms with van der Waals surface area (Å²) in [6, 6.07) is 19.5. The lowest BCUT2D eigenvalue weighted by Crippen LogP contribution is -2.42. The van der Waals surface area contributed by atoms with Gasteiger partial charge in [0.1, 0.15) is 11.8 Å². The number of hydrazone groups is 1. The average molecular weight is 489 g/mol. The number of hydrogen-bond donors (Lipinski definition) is 1.